The fourth-order valence-corrected chi connectivity index (χ4v) is 2.47. The van der Waals surface area contributed by atoms with Crippen LogP contribution >= 0.6 is 0 Å². The molecule has 1 aromatic heterocycles. The normalized spacial score (nSPS) is 14.2. The van der Waals surface area contributed by atoms with E-state index in [1.807, 2.05) is 13.1 Å². The van der Waals surface area contributed by atoms with Crippen LogP contribution in [0.15, 0.2) is 30.3 Å². The van der Waals surface area contributed by atoms with E-state index in [1.165, 1.54) is 18.4 Å². The Kier molecular flexibility index (Phi) is 3.78. The molecule has 4 nitrogen and oxygen atoms in total. The summed E-state index contributed by atoms with van der Waals surface area (Å²) < 4.78 is 0. The fourth-order valence-electron chi connectivity index (χ4n) is 2.47. The third-order valence-corrected chi connectivity index (χ3v) is 4.03. The highest BCUT2D eigenvalue weighted by Gasteiger charge is 2.27. The van der Waals surface area contributed by atoms with E-state index in [0.29, 0.717) is 18.2 Å². The van der Waals surface area contributed by atoms with Crippen molar-refractivity contribution in [1.29, 1.82) is 0 Å². The standard InChI is InChI=1S/C17H21N3O/c1-3-12-4-6-13(7-5-12)11-20(2)17(21)16-10-15(18-19-16)14-8-9-14/h4-7,10,14H,3,8-9,11H2,1-2H3,(H,18,19). The van der Waals surface area contributed by atoms with Crippen LogP contribution in [0, 0.1) is 0 Å². The largest absolute Gasteiger partial charge is 0.336 e. The third kappa shape index (κ3) is 3.15. The third-order valence-electron chi connectivity index (χ3n) is 4.03. The molecule has 1 amide bonds. The monoisotopic (exact) mass is 283 g/mol. The summed E-state index contributed by atoms with van der Waals surface area (Å²) >= 11 is 0. The maximum Gasteiger partial charge on any atom is 0.274 e. The van der Waals surface area contributed by atoms with Crippen molar-refractivity contribution in [3.05, 3.63) is 52.8 Å². The van der Waals surface area contributed by atoms with Crippen LogP contribution in [0.4, 0.5) is 0 Å². The molecule has 110 valence electrons. The van der Waals surface area contributed by atoms with Crippen LogP contribution in [0.2, 0.25) is 0 Å². The second-order valence-electron chi connectivity index (χ2n) is 5.81. The summed E-state index contributed by atoms with van der Waals surface area (Å²) in [6.07, 6.45) is 3.44. The van der Waals surface area contributed by atoms with Gasteiger partial charge in [0.25, 0.3) is 5.91 Å². The van der Waals surface area contributed by atoms with Gasteiger partial charge in [-0.3, -0.25) is 9.89 Å². The molecule has 0 radical (unpaired) electrons. The lowest BCUT2D eigenvalue weighted by atomic mass is 10.1. The van der Waals surface area contributed by atoms with Crippen molar-refractivity contribution >= 4 is 5.91 Å². The summed E-state index contributed by atoms with van der Waals surface area (Å²) in [6.45, 7) is 2.74. The summed E-state index contributed by atoms with van der Waals surface area (Å²) in [7, 11) is 1.82. The molecule has 1 N–H and O–H groups in total. The Bertz CT molecular complexity index is 626. The fraction of sp³-hybridized carbons (Fsp3) is 0.412. The first-order chi connectivity index (χ1) is 10.2. The summed E-state index contributed by atoms with van der Waals surface area (Å²) in [5, 5.41) is 7.14. The molecule has 0 atom stereocenters. The van der Waals surface area contributed by atoms with Crippen LogP contribution in [0.5, 0.6) is 0 Å². The Morgan fingerprint density at radius 1 is 1.29 bits per heavy atom. The predicted octanol–water partition coefficient (Wildman–Crippen LogP) is 3.12. The highest BCUT2D eigenvalue weighted by molar-refractivity contribution is 5.92. The van der Waals surface area contributed by atoms with E-state index in [2.05, 4.69) is 41.4 Å². The van der Waals surface area contributed by atoms with Crippen LogP contribution in [-0.4, -0.2) is 28.1 Å². The van der Waals surface area contributed by atoms with Crippen molar-refractivity contribution in [2.45, 2.75) is 38.6 Å². The van der Waals surface area contributed by atoms with Crippen LogP contribution < -0.4 is 0 Å². The molecule has 2 aromatic rings. The molecule has 1 saturated carbocycles. The van der Waals surface area contributed by atoms with Crippen molar-refractivity contribution in [3.8, 4) is 0 Å². The maximum atomic E-state index is 12.4. The lowest BCUT2D eigenvalue weighted by molar-refractivity contribution is 0.0779. The van der Waals surface area contributed by atoms with Gasteiger partial charge in [-0.15, -0.1) is 0 Å². The van der Waals surface area contributed by atoms with Crippen molar-refractivity contribution in [2.24, 2.45) is 0 Å². The van der Waals surface area contributed by atoms with E-state index < -0.39 is 0 Å². The molecule has 0 unspecified atom stereocenters. The van der Waals surface area contributed by atoms with Gasteiger partial charge in [0.05, 0.1) is 0 Å². The number of carbonyl (C=O) groups is 1. The topological polar surface area (TPSA) is 49.0 Å². The van der Waals surface area contributed by atoms with Gasteiger partial charge in [0.1, 0.15) is 5.69 Å². The number of carbonyl (C=O) groups excluding carboxylic acids is 1. The van der Waals surface area contributed by atoms with E-state index in [0.717, 1.165) is 17.7 Å². The molecule has 1 aliphatic rings. The van der Waals surface area contributed by atoms with Crippen LogP contribution in [0.25, 0.3) is 0 Å². The number of hydrogen-bond acceptors (Lipinski definition) is 2. The number of benzene rings is 1. The van der Waals surface area contributed by atoms with Gasteiger partial charge in [0, 0.05) is 25.2 Å². The maximum absolute atomic E-state index is 12.4. The summed E-state index contributed by atoms with van der Waals surface area (Å²) in [6, 6.07) is 10.3. The van der Waals surface area contributed by atoms with Crippen molar-refractivity contribution in [3.63, 3.8) is 0 Å². The van der Waals surface area contributed by atoms with E-state index in [-0.39, 0.29) is 5.91 Å². The Balaban J connectivity index is 1.65. The van der Waals surface area contributed by atoms with Crippen LogP contribution in [0.1, 0.15) is 53.0 Å². The second-order valence-corrected chi connectivity index (χ2v) is 5.81. The van der Waals surface area contributed by atoms with Crippen molar-refractivity contribution in [1.82, 2.24) is 15.1 Å². The molecule has 4 heteroatoms. The lowest BCUT2D eigenvalue weighted by Crippen LogP contribution is -2.26. The average Bonchev–Trinajstić information content (AvgIpc) is 3.25. The first-order valence-electron chi connectivity index (χ1n) is 7.56. The number of H-pyrrole nitrogens is 1. The molecular formula is C17H21N3O. The van der Waals surface area contributed by atoms with Crippen LogP contribution in [-0.2, 0) is 13.0 Å². The van der Waals surface area contributed by atoms with Gasteiger partial charge in [-0.05, 0) is 36.5 Å². The minimum Gasteiger partial charge on any atom is -0.336 e. The van der Waals surface area contributed by atoms with E-state index in [4.69, 9.17) is 0 Å². The molecule has 0 saturated heterocycles. The number of amides is 1. The molecule has 1 fully saturated rings. The molecule has 1 aromatic carbocycles. The van der Waals surface area contributed by atoms with Crippen molar-refractivity contribution in [2.75, 3.05) is 7.05 Å². The molecule has 3 rings (SSSR count). The summed E-state index contributed by atoms with van der Waals surface area (Å²) in [5.74, 6) is 0.559. The zero-order valence-electron chi connectivity index (χ0n) is 12.6. The number of aromatic amines is 1. The van der Waals surface area contributed by atoms with Gasteiger partial charge in [0.2, 0.25) is 0 Å². The van der Waals surface area contributed by atoms with Gasteiger partial charge < -0.3 is 4.90 Å². The minimum absolute atomic E-state index is 0.0299. The lowest BCUT2D eigenvalue weighted by Gasteiger charge is -2.16. The molecular weight excluding hydrogens is 262 g/mol. The minimum atomic E-state index is -0.0299. The number of nitrogens with one attached hydrogen (secondary N) is 1. The Morgan fingerprint density at radius 2 is 1.95 bits per heavy atom. The van der Waals surface area contributed by atoms with Gasteiger partial charge in [-0.2, -0.15) is 5.10 Å². The SMILES string of the molecule is CCc1ccc(CN(C)C(=O)c2cc(C3CC3)[nH]n2)cc1. The predicted molar refractivity (Wildman–Crippen MR) is 82.2 cm³/mol. The van der Waals surface area contributed by atoms with Gasteiger partial charge in [-0.1, -0.05) is 31.2 Å². The Morgan fingerprint density at radius 3 is 2.57 bits per heavy atom. The molecule has 1 heterocycles. The number of aryl methyl sites for hydroxylation is 1. The molecule has 0 bridgehead atoms. The second kappa shape index (κ2) is 5.72. The number of rotatable bonds is 5. The highest BCUT2D eigenvalue weighted by Crippen LogP contribution is 2.39. The summed E-state index contributed by atoms with van der Waals surface area (Å²) in [4.78, 5) is 14.1. The highest BCUT2D eigenvalue weighted by atomic mass is 16.2. The van der Waals surface area contributed by atoms with Crippen molar-refractivity contribution < 1.29 is 4.79 Å². The zero-order valence-corrected chi connectivity index (χ0v) is 12.6. The first-order valence-corrected chi connectivity index (χ1v) is 7.56. The van der Waals surface area contributed by atoms with E-state index in [9.17, 15) is 4.79 Å². The number of aromatic nitrogens is 2. The zero-order chi connectivity index (χ0) is 14.8. The quantitative estimate of drug-likeness (QED) is 0.916. The number of hydrogen-bond donors (Lipinski definition) is 1. The summed E-state index contributed by atoms with van der Waals surface area (Å²) in [5.41, 5.74) is 4.07. The molecule has 0 aliphatic heterocycles. The first kappa shape index (κ1) is 13.9. The average molecular weight is 283 g/mol. The van der Waals surface area contributed by atoms with E-state index in [1.54, 1.807) is 4.90 Å². The Hall–Kier alpha value is -2.10. The number of nitrogens with zero attached hydrogens (tertiary/aromatic N) is 2. The van der Waals surface area contributed by atoms with Gasteiger partial charge in [-0.25, -0.2) is 0 Å². The van der Waals surface area contributed by atoms with Gasteiger partial charge >= 0.3 is 0 Å². The molecule has 0 spiro atoms. The van der Waals surface area contributed by atoms with E-state index >= 15 is 0 Å². The molecule has 21 heavy (non-hydrogen) atoms. The molecule has 1 aliphatic carbocycles. The van der Waals surface area contributed by atoms with Gasteiger partial charge in [0.15, 0.2) is 0 Å². The Labute approximate surface area is 125 Å². The van der Waals surface area contributed by atoms with Crippen LogP contribution in [0.3, 0.4) is 0 Å². The smallest absolute Gasteiger partial charge is 0.274 e.